The Morgan fingerprint density at radius 1 is 1.58 bits per heavy atom. The van der Waals surface area contributed by atoms with Crippen LogP contribution in [0.3, 0.4) is 0 Å². The lowest BCUT2D eigenvalue weighted by Gasteiger charge is -1.94. The normalized spacial score (nSPS) is 14.5. The van der Waals surface area contributed by atoms with E-state index in [4.69, 9.17) is 2.74 Å². The number of nitrogens with zero attached hydrogens (tertiary/aromatic N) is 2. The number of rotatable bonds is 1. The maximum absolute atomic E-state index is 7.63. The Morgan fingerprint density at radius 2 is 2.33 bits per heavy atom. The summed E-state index contributed by atoms with van der Waals surface area (Å²) in [6, 6.07) is 7.52. The Balaban J connectivity index is 2.81. The van der Waals surface area contributed by atoms with Crippen molar-refractivity contribution in [1.29, 1.82) is 0 Å². The summed E-state index contributed by atoms with van der Waals surface area (Å²) in [5.41, 5.74) is 1.36. The van der Waals surface area contributed by atoms with Gasteiger partial charge in [0, 0.05) is 20.5 Å². The van der Waals surface area contributed by atoms with Crippen molar-refractivity contribution in [1.82, 2.24) is 9.78 Å². The predicted octanol–water partition coefficient (Wildman–Crippen LogP) is 2.47. The van der Waals surface area contributed by atoms with Crippen molar-refractivity contribution in [2.24, 2.45) is 7.05 Å². The third-order valence-electron chi connectivity index (χ3n) is 1.83. The van der Waals surface area contributed by atoms with Gasteiger partial charge in [0.2, 0.25) is 0 Å². The zero-order valence-corrected chi connectivity index (χ0v) is 8.17. The minimum absolute atomic E-state index is 0.549. The summed E-state index contributed by atoms with van der Waals surface area (Å²) in [4.78, 5) is 0. The number of halogens is 1. The van der Waals surface area contributed by atoms with Crippen molar-refractivity contribution in [3.05, 3.63) is 30.0 Å². The van der Waals surface area contributed by atoms with Crippen LogP contribution < -0.4 is 0 Å². The van der Waals surface area contributed by atoms with Gasteiger partial charge in [-0.3, -0.25) is 4.68 Å². The van der Waals surface area contributed by atoms with Crippen LogP contribution >= 0.6 is 15.9 Å². The van der Waals surface area contributed by atoms with E-state index in [2.05, 4.69) is 21.0 Å². The van der Waals surface area contributed by atoms with E-state index < -0.39 is 5.28 Å². The van der Waals surface area contributed by atoms with Crippen LogP contribution in [0, 0.1) is 0 Å². The highest BCUT2D eigenvalue weighted by atomic mass is 79.9. The molecule has 0 amide bonds. The number of hydrogen-bond acceptors (Lipinski definition) is 1. The minimum Gasteiger partial charge on any atom is -0.271 e. The molecule has 2 aromatic rings. The molecule has 1 heterocycles. The van der Waals surface area contributed by atoms with Crippen molar-refractivity contribution in [2.45, 2.75) is 5.28 Å². The van der Waals surface area contributed by atoms with Crippen LogP contribution in [-0.4, -0.2) is 9.78 Å². The van der Waals surface area contributed by atoms with Crippen LogP contribution in [0.15, 0.2) is 24.3 Å². The van der Waals surface area contributed by atoms with Crippen LogP contribution in [0.2, 0.25) is 0 Å². The summed E-state index contributed by atoms with van der Waals surface area (Å²) in [6.07, 6.45) is 0. The first-order valence-corrected chi connectivity index (χ1v) is 4.40. The van der Waals surface area contributed by atoms with Crippen molar-refractivity contribution in [2.75, 3.05) is 0 Å². The molecule has 0 saturated carbocycles. The third-order valence-corrected chi connectivity index (χ3v) is 2.21. The lowest BCUT2D eigenvalue weighted by atomic mass is 10.2. The maximum Gasteiger partial charge on any atom is 0.0926 e. The number of alkyl halides is 1. The number of benzene rings is 1. The molecule has 1 aromatic carbocycles. The van der Waals surface area contributed by atoms with Crippen LogP contribution in [0.1, 0.15) is 8.44 Å². The summed E-state index contributed by atoms with van der Waals surface area (Å²) in [6.45, 7) is 0. The Hall–Kier alpha value is -0.830. The van der Waals surface area contributed by atoms with Gasteiger partial charge in [0.1, 0.15) is 0 Å². The average Bonchev–Trinajstić information content (AvgIpc) is 2.38. The quantitative estimate of drug-likeness (QED) is 0.684. The van der Waals surface area contributed by atoms with E-state index in [1.54, 1.807) is 11.7 Å². The molecule has 0 aliphatic carbocycles. The number of aromatic nitrogens is 2. The fraction of sp³-hybridized carbons (Fsp3) is 0.222. The van der Waals surface area contributed by atoms with Gasteiger partial charge in [-0.25, -0.2) is 0 Å². The van der Waals surface area contributed by atoms with Gasteiger partial charge >= 0.3 is 0 Å². The molecule has 0 spiro atoms. The second kappa shape index (κ2) is 2.90. The van der Waals surface area contributed by atoms with Crippen LogP contribution in [0.25, 0.3) is 10.9 Å². The first-order chi connectivity index (χ1) is 6.50. The van der Waals surface area contributed by atoms with E-state index in [1.807, 2.05) is 24.3 Å². The molecule has 12 heavy (non-hydrogen) atoms. The Labute approximate surface area is 82.1 Å². The molecule has 0 N–H and O–H groups in total. The van der Waals surface area contributed by atoms with E-state index >= 15 is 0 Å². The van der Waals surface area contributed by atoms with E-state index in [0.717, 1.165) is 10.9 Å². The Bertz CT molecular complexity index is 473. The van der Waals surface area contributed by atoms with E-state index in [0.29, 0.717) is 5.69 Å². The third kappa shape index (κ3) is 1.05. The monoisotopic (exact) mass is 226 g/mol. The summed E-state index contributed by atoms with van der Waals surface area (Å²) in [7, 11) is 1.74. The molecule has 0 atom stereocenters. The highest BCUT2D eigenvalue weighted by molar-refractivity contribution is 9.08. The van der Waals surface area contributed by atoms with Crippen molar-refractivity contribution in [3.63, 3.8) is 0 Å². The lowest BCUT2D eigenvalue weighted by molar-refractivity contribution is 0.748. The van der Waals surface area contributed by atoms with E-state index in [9.17, 15) is 0 Å². The summed E-state index contributed by atoms with van der Waals surface area (Å²) in [5.74, 6) is 0. The highest BCUT2D eigenvalue weighted by Crippen LogP contribution is 2.18. The fourth-order valence-corrected chi connectivity index (χ4v) is 1.73. The Morgan fingerprint density at radius 3 is 3.08 bits per heavy atom. The lowest BCUT2D eigenvalue weighted by Crippen LogP contribution is -1.94. The molecule has 0 aliphatic heterocycles. The summed E-state index contributed by atoms with van der Waals surface area (Å²) < 4.78 is 16.8. The van der Waals surface area contributed by atoms with E-state index in [-0.39, 0.29) is 0 Å². The van der Waals surface area contributed by atoms with E-state index in [1.165, 1.54) is 0 Å². The van der Waals surface area contributed by atoms with Crippen LogP contribution in [-0.2, 0) is 12.3 Å². The van der Waals surface area contributed by atoms with Crippen molar-refractivity contribution in [3.8, 4) is 0 Å². The summed E-state index contributed by atoms with van der Waals surface area (Å²) in [5, 5.41) is 3.53. The van der Waals surface area contributed by atoms with Gasteiger partial charge < -0.3 is 0 Å². The van der Waals surface area contributed by atoms with Gasteiger partial charge in [-0.1, -0.05) is 34.1 Å². The zero-order chi connectivity index (χ0) is 10.3. The van der Waals surface area contributed by atoms with Crippen LogP contribution in [0.4, 0.5) is 0 Å². The number of fused-ring (bicyclic) bond motifs is 1. The largest absolute Gasteiger partial charge is 0.271 e. The standard InChI is InChI=1S/C9H9BrN2/c1-12-9(6-10)7-4-2-3-5-8(7)11-12/h2-5H,6H2,1H3/i6D2. The Kier molecular flexibility index (Phi) is 1.39. The second-order valence-corrected chi connectivity index (χ2v) is 2.98. The molecule has 0 saturated heterocycles. The molecule has 2 nitrogen and oxygen atoms in total. The smallest absolute Gasteiger partial charge is 0.0926 e. The number of hydrogen-bond donors (Lipinski definition) is 0. The minimum atomic E-state index is -1.54. The van der Waals surface area contributed by atoms with Gasteiger partial charge in [-0.05, 0) is 6.07 Å². The highest BCUT2D eigenvalue weighted by Gasteiger charge is 2.04. The van der Waals surface area contributed by atoms with Crippen LogP contribution in [0.5, 0.6) is 0 Å². The molecule has 62 valence electrons. The molecule has 0 radical (unpaired) electrons. The average molecular weight is 227 g/mol. The SMILES string of the molecule is [2H]C([2H])(Br)c1c2ccccc2nn1C. The van der Waals surface area contributed by atoms with Gasteiger partial charge in [-0.2, -0.15) is 5.10 Å². The van der Waals surface area contributed by atoms with Gasteiger partial charge in [0.25, 0.3) is 0 Å². The second-order valence-electron chi connectivity index (χ2n) is 2.58. The van der Waals surface area contributed by atoms with Gasteiger partial charge in [-0.15, -0.1) is 0 Å². The molecule has 3 heteroatoms. The molecule has 2 rings (SSSR count). The molecule has 0 aliphatic rings. The first-order valence-electron chi connectivity index (χ1n) is 4.61. The molecular weight excluding hydrogens is 216 g/mol. The molecule has 0 unspecified atom stereocenters. The van der Waals surface area contributed by atoms with Gasteiger partial charge in [0.05, 0.1) is 11.2 Å². The zero-order valence-electron chi connectivity index (χ0n) is 8.58. The number of aryl methyl sites for hydroxylation is 1. The van der Waals surface area contributed by atoms with Gasteiger partial charge in [0.15, 0.2) is 0 Å². The molecule has 1 aromatic heterocycles. The molecule has 0 fully saturated rings. The van der Waals surface area contributed by atoms with Crippen molar-refractivity contribution < 1.29 is 2.74 Å². The molecular formula is C9H9BrN2. The molecule has 0 bridgehead atoms. The predicted molar refractivity (Wildman–Crippen MR) is 53.3 cm³/mol. The van der Waals surface area contributed by atoms with Crippen molar-refractivity contribution >= 4 is 26.8 Å². The summed E-state index contributed by atoms with van der Waals surface area (Å²) >= 11 is 3.01. The fourth-order valence-electron chi connectivity index (χ4n) is 1.26. The maximum atomic E-state index is 7.63. The topological polar surface area (TPSA) is 17.8 Å². The first kappa shape index (κ1) is 5.75.